The molecule has 1 atom stereocenters. The normalized spacial score (nSPS) is 18.5. The minimum atomic E-state index is -0.204. The molecule has 0 bridgehead atoms. The van der Waals surface area contributed by atoms with Gasteiger partial charge in [-0.15, -0.1) is 0 Å². The Hall–Kier alpha value is -2.57. The molecule has 2 aromatic heterocycles. The van der Waals surface area contributed by atoms with Crippen LogP contribution >= 0.6 is 0 Å². The number of piperidine rings is 1. The number of carbonyl (C=O) groups is 2. The molecule has 7 heteroatoms. The molecule has 108 valence electrons. The van der Waals surface area contributed by atoms with E-state index in [1.807, 2.05) is 0 Å². The topological polar surface area (TPSA) is 91.8 Å². The van der Waals surface area contributed by atoms with Crippen molar-refractivity contribution in [3.05, 3.63) is 42.0 Å². The van der Waals surface area contributed by atoms with Crippen molar-refractivity contribution in [2.24, 2.45) is 5.92 Å². The van der Waals surface area contributed by atoms with Crippen LogP contribution in [-0.2, 0) is 0 Å². The maximum atomic E-state index is 12.4. The van der Waals surface area contributed by atoms with E-state index in [2.05, 4.69) is 20.4 Å². The third-order valence-electron chi connectivity index (χ3n) is 3.63. The quantitative estimate of drug-likeness (QED) is 0.847. The second-order valence-corrected chi connectivity index (χ2v) is 5.02. The molecular formula is C14H15N5O2. The fourth-order valence-corrected chi connectivity index (χ4v) is 2.56. The summed E-state index contributed by atoms with van der Waals surface area (Å²) in [6, 6.07) is 5.28. The first-order chi connectivity index (χ1) is 10.3. The number of hydrogen-bond acceptors (Lipinski definition) is 5. The van der Waals surface area contributed by atoms with E-state index in [1.165, 1.54) is 6.20 Å². The van der Waals surface area contributed by atoms with Crippen molar-refractivity contribution in [3.63, 3.8) is 0 Å². The third-order valence-corrected chi connectivity index (χ3v) is 3.63. The van der Waals surface area contributed by atoms with E-state index in [1.54, 1.807) is 29.3 Å². The summed E-state index contributed by atoms with van der Waals surface area (Å²) < 4.78 is 0. The highest BCUT2D eigenvalue weighted by Crippen LogP contribution is 2.21. The molecule has 0 saturated carbocycles. The van der Waals surface area contributed by atoms with Gasteiger partial charge in [-0.1, -0.05) is 6.07 Å². The second kappa shape index (κ2) is 5.82. The predicted octanol–water partition coefficient (Wildman–Crippen LogP) is 0.935. The average Bonchev–Trinajstić information content (AvgIpc) is 3.09. The van der Waals surface area contributed by atoms with Crippen LogP contribution in [-0.4, -0.2) is 50.1 Å². The molecule has 7 nitrogen and oxygen atoms in total. The Morgan fingerprint density at radius 1 is 1.29 bits per heavy atom. The first-order valence-corrected chi connectivity index (χ1v) is 6.86. The molecule has 3 heterocycles. The van der Waals surface area contributed by atoms with Crippen LogP contribution in [0.3, 0.4) is 0 Å². The summed E-state index contributed by atoms with van der Waals surface area (Å²) >= 11 is 0. The monoisotopic (exact) mass is 285 g/mol. The molecular weight excluding hydrogens is 270 g/mol. The van der Waals surface area contributed by atoms with Gasteiger partial charge in [0, 0.05) is 25.2 Å². The molecule has 21 heavy (non-hydrogen) atoms. The van der Waals surface area contributed by atoms with E-state index in [-0.39, 0.29) is 23.3 Å². The minimum Gasteiger partial charge on any atom is -0.336 e. The van der Waals surface area contributed by atoms with Crippen LogP contribution in [0.4, 0.5) is 0 Å². The number of likely N-dealkylation sites (tertiary alicyclic amines) is 1. The van der Waals surface area contributed by atoms with Gasteiger partial charge in [-0.25, -0.2) is 0 Å². The molecule has 1 fully saturated rings. The van der Waals surface area contributed by atoms with Crippen molar-refractivity contribution in [1.29, 1.82) is 0 Å². The molecule has 0 aliphatic carbocycles. The van der Waals surface area contributed by atoms with Crippen LogP contribution in [0.25, 0.3) is 0 Å². The van der Waals surface area contributed by atoms with Gasteiger partial charge in [-0.2, -0.15) is 15.4 Å². The molecule has 2 aromatic rings. The molecule has 1 saturated heterocycles. The number of carbonyl (C=O) groups excluding carboxylic acids is 2. The summed E-state index contributed by atoms with van der Waals surface area (Å²) in [6.07, 6.45) is 4.58. The van der Waals surface area contributed by atoms with Crippen molar-refractivity contribution in [2.45, 2.75) is 12.8 Å². The SMILES string of the molecule is O=C(c1ccccn1)C1CCCN(C(=O)c2cn[nH]n2)C1. The molecule has 3 rings (SSSR count). The summed E-state index contributed by atoms with van der Waals surface area (Å²) in [6.45, 7) is 1.04. The number of amides is 1. The van der Waals surface area contributed by atoms with Crippen LogP contribution in [0.1, 0.15) is 33.8 Å². The lowest BCUT2D eigenvalue weighted by molar-refractivity contribution is 0.0630. The Labute approximate surface area is 121 Å². The Balaban J connectivity index is 1.71. The Kier molecular flexibility index (Phi) is 3.72. The van der Waals surface area contributed by atoms with E-state index in [0.29, 0.717) is 18.8 Å². The van der Waals surface area contributed by atoms with Crippen molar-refractivity contribution < 1.29 is 9.59 Å². The number of rotatable bonds is 3. The summed E-state index contributed by atoms with van der Waals surface area (Å²) in [5.74, 6) is -0.403. The van der Waals surface area contributed by atoms with Gasteiger partial charge >= 0.3 is 0 Å². The highest BCUT2D eigenvalue weighted by atomic mass is 16.2. The summed E-state index contributed by atoms with van der Waals surface area (Å²) in [4.78, 5) is 30.4. The van der Waals surface area contributed by atoms with E-state index < -0.39 is 0 Å². The number of nitrogens with one attached hydrogen (secondary N) is 1. The molecule has 1 aliphatic rings. The van der Waals surface area contributed by atoms with Gasteiger partial charge in [0.25, 0.3) is 5.91 Å². The van der Waals surface area contributed by atoms with Crippen LogP contribution in [0.2, 0.25) is 0 Å². The van der Waals surface area contributed by atoms with Crippen LogP contribution in [0.15, 0.2) is 30.6 Å². The number of aromatic nitrogens is 4. The van der Waals surface area contributed by atoms with Gasteiger partial charge in [0.05, 0.1) is 6.20 Å². The van der Waals surface area contributed by atoms with E-state index in [4.69, 9.17) is 0 Å². The number of H-pyrrole nitrogens is 1. The lowest BCUT2D eigenvalue weighted by Crippen LogP contribution is -2.42. The van der Waals surface area contributed by atoms with Crippen molar-refractivity contribution in [3.8, 4) is 0 Å². The summed E-state index contributed by atoms with van der Waals surface area (Å²) in [5, 5.41) is 9.86. The van der Waals surface area contributed by atoms with Gasteiger partial charge in [-0.05, 0) is 25.0 Å². The average molecular weight is 285 g/mol. The van der Waals surface area contributed by atoms with Crippen molar-refractivity contribution >= 4 is 11.7 Å². The number of aromatic amines is 1. The van der Waals surface area contributed by atoms with Crippen molar-refractivity contribution in [1.82, 2.24) is 25.3 Å². The van der Waals surface area contributed by atoms with Crippen LogP contribution in [0, 0.1) is 5.92 Å². The molecule has 1 unspecified atom stereocenters. The van der Waals surface area contributed by atoms with E-state index >= 15 is 0 Å². The van der Waals surface area contributed by atoms with Gasteiger partial charge < -0.3 is 4.90 Å². The van der Waals surface area contributed by atoms with Crippen LogP contribution < -0.4 is 0 Å². The molecule has 0 radical (unpaired) electrons. The standard InChI is InChI=1S/C14H15N5O2/c20-13(11-5-1-2-6-15-11)10-4-3-7-19(9-10)14(21)12-8-16-18-17-12/h1-2,5-6,8,10H,3-4,7,9H2,(H,16,17,18). The fraction of sp³-hybridized carbons (Fsp3) is 0.357. The Bertz CT molecular complexity index is 626. The lowest BCUT2D eigenvalue weighted by Gasteiger charge is -2.31. The largest absolute Gasteiger partial charge is 0.336 e. The minimum absolute atomic E-state index is 0.00625. The summed E-state index contributed by atoms with van der Waals surface area (Å²) in [7, 11) is 0. The van der Waals surface area contributed by atoms with E-state index in [9.17, 15) is 9.59 Å². The van der Waals surface area contributed by atoms with Crippen LogP contribution in [0.5, 0.6) is 0 Å². The maximum Gasteiger partial charge on any atom is 0.276 e. The third kappa shape index (κ3) is 2.81. The Morgan fingerprint density at radius 2 is 2.19 bits per heavy atom. The zero-order valence-corrected chi connectivity index (χ0v) is 11.4. The zero-order valence-electron chi connectivity index (χ0n) is 11.4. The highest BCUT2D eigenvalue weighted by molar-refractivity contribution is 5.97. The molecule has 1 amide bonds. The smallest absolute Gasteiger partial charge is 0.276 e. The van der Waals surface area contributed by atoms with Gasteiger partial charge in [0.15, 0.2) is 11.5 Å². The molecule has 1 N–H and O–H groups in total. The maximum absolute atomic E-state index is 12.4. The van der Waals surface area contributed by atoms with Gasteiger partial charge in [-0.3, -0.25) is 14.6 Å². The lowest BCUT2D eigenvalue weighted by atomic mass is 9.92. The first kappa shape index (κ1) is 13.4. The number of Topliss-reactive ketones (excluding diaryl/α,β-unsaturated/α-hetero) is 1. The fourth-order valence-electron chi connectivity index (χ4n) is 2.56. The molecule has 0 spiro atoms. The highest BCUT2D eigenvalue weighted by Gasteiger charge is 2.30. The number of pyridine rings is 1. The molecule has 1 aliphatic heterocycles. The predicted molar refractivity (Wildman–Crippen MR) is 73.6 cm³/mol. The number of nitrogens with zero attached hydrogens (tertiary/aromatic N) is 4. The van der Waals surface area contributed by atoms with Crippen molar-refractivity contribution in [2.75, 3.05) is 13.1 Å². The number of ketones is 1. The second-order valence-electron chi connectivity index (χ2n) is 5.02. The molecule has 0 aromatic carbocycles. The Morgan fingerprint density at radius 3 is 2.90 bits per heavy atom. The zero-order chi connectivity index (χ0) is 14.7. The summed E-state index contributed by atoms with van der Waals surface area (Å²) in [5.41, 5.74) is 0.735. The van der Waals surface area contributed by atoms with Gasteiger partial charge in [0.2, 0.25) is 0 Å². The van der Waals surface area contributed by atoms with Gasteiger partial charge in [0.1, 0.15) is 5.69 Å². The van der Waals surface area contributed by atoms with E-state index in [0.717, 1.165) is 12.8 Å². The number of hydrogen-bond donors (Lipinski definition) is 1. The first-order valence-electron chi connectivity index (χ1n) is 6.86.